The van der Waals surface area contributed by atoms with Gasteiger partial charge in [-0.2, -0.15) is 0 Å². The monoisotopic (exact) mass is 458 g/mol. The Morgan fingerprint density at radius 3 is 1.62 bits per heavy atom. The minimum Gasteiger partial charge on any atom is -0.462 e. The van der Waals surface area contributed by atoms with Gasteiger partial charge in [-0.3, -0.25) is 14.4 Å². The van der Waals surface area contributed by atoms with E-state index in [0.29, 0.717) is 6.42 Å². The summed E-state index contributed by atoms with van der Waals surface area (Å²) < 4.78 is 15.1. The molecule has 7 heteroatoms. The first kappa shape index (κ1) is 30.4. The van der Waals surface area contributed by atoms with Crippen LogP contribution in [0.2, 0.25) is 0 Å². The quantitative estimate of drug-likeness (QED) is 0.142. The predicted molar refractivity (Wildman–Crippen MR) is 124 cm³/mol. The van der Waals surface area contributed by atoms with Crippen molar-refractivity contribution in [2.24, 2.45) is 0 Å². The molecule has 0 aliphatic heterocycles. The van der Waals surface area contributed by atoms with Crippen molar-refractivity contribution in [2.45, 2.75) is 129 Å². The van der Waals surface area contributed by atoms with E-state index in [9.17, 15) is 19.5 Å². The first-order valence-corrected chi connectivity index (χ1v) is 12.5. The topological polar surface area (TPSA) is 99.1 Å². The summed E-state index contributed by atoms with van der Waals surface area (Å²) in [4.78, 5) is 34.3. The number of aliphatic hydroxyl groups is 1. The molecule has 2 unspecified atom stereocenters. The van der Waals surface area contributed by atoms with E-state index < -0.39 is 36.7 Å². The van der Waals surface area contributed by atoms with Crippen LogP contribution in [0.1, 0.15) is 117 Å². The number of hydrogen-bond acceptors (Lipinski definition) is 7. The highest BCUT2D eigenvalue weighted by atomic mass is 16.6. The van der Waals surface area contributed by atoms with Crippen LogP contribution in [-0.4, -0.2) is 48.4 Å². The lowest BCUT2D eigenvalue weighted by Crippen LogP contribution is -2.30. The van der Waals surface area contributed by atoms with E-state index in [1.54, 1.807) is 0 Å². The third kappa shape index (κ3) is 20.3. The van der Waals surface area contributed by atoms with Crippen LogP contribution in [0.3, 0.4) is 0 Å². The van der Waals surface area contributed by atoms with Gasteiger partial charge >= 0.3 is 17.9 Å². The fourth-order valence-corrected chi connectivity index (χ4v) is 3.58. The van der Waals surface area contributed by atoms with E-state index in [1.807, 2.05) is 0 Å². The van der Waals surface area contributed by atoms with Crippen molar-refractivity contribution in [3.05, 3.63) is 0 Å². The molecule has 0 saturated carbocycles. The third-order valence-electron chi connectivity index (χ3n) is 5.33. The van der Waals surface area contributed by atoms with Crippen LogP contribution in [-0.2, 0) is 28.6 Å². The Morgan fingerprint density at radius 1 is 0.688 bits per heavy atom. The van der Waals surface area contributed by atoms with Gasteiger partial charge < -0.3 is 19.3 Å². The summed E-state index contributed by atoms with van der Waals surface area (Å²) in [6, 6.07) is 0. The molecule has 0 aromatic rings. The number of rotatable bonds is 21. The van der Waals surface area contributed by atoms with E-state index in [2.05, 4.69) is 6.92 Å². The van der Waals surface area contributed by atoms with Crippen molar-refractivity contribution >= 4 is 17.9 Å². The van der Waals surface area contributed by atoms with Crippen LogP contribution < -0.4 is 0 Å². The fourth-order valence-electron chi connectivity index (χ4n) is 3.58. The molecule has 0 spiro atoms. The number of carbonyl (C=O) groups is 3. The highest BCUT2D eigenvalue weighted by Crippen LogP contribution is 2.16. The van der Waals surface area contributed by atoms with E-state index in [-0.39, 0.29) is 13.0 Å². The average Bonchev–Trinajstić information content (AvgIpc) is 2.73. The van der Waals surface area contributed by atoms with Crippen LogP contribution in [0.15, 0.2) is 0 Å². The van der Waals surface area contributed by atoms with Crippen LogP contribution >= 0.6 is 0 Å². The summed E-state index contributed by atoms with van der Waals surface area (Å²) >= 11 is 0. The van der Waals surface area contributed by atoms with Gasteiger partial charge in [-0.15, -0.1) is 0 Å². The molecule has 2 atom stereocenters. The van der Waals surface area contributed by atoms with Crippen LogP contribution in [0.4, 0.5) is 0 Å². The van der Waals surface area contributed by atoms with Crippen molar-refractivity contribution in [1.29, 1.82) is 0 Å². The minimum absolute atomic E-state index is 0.0750. The number of ether oxygens (including phenoxy) is 3. The molecule has 0 fully saturated rings. The van der Waals surface area contributed by atoms with Crippen molar-refractivity contribution in [3.63, 3.8) is 0 Å². The molecule has 0 aromatic carbocycles. The molecule has 0 amide bonds. The molecule has 0 aromatic heterocycles. The van der Waals surface area contributed by atoms with Crippen molar-refractivity contribution in [3.8, 4) is 0 Å². The normalized spacial score (nSPS) is 12.8. The first-order valence-electron chi connectivity index (χ1n) is 12.5. The zero-order valence-corrected chi connectivity index (χ0v) is 20.6. The summed E-state index contributed by atoms with van der Waals surface area (Å²) in [5.74, 6) is -1.53. The lowest BCUT2D eigenvalue weighted by atomic mass is 10.0. The average molecular weight is 459 g/mol. The second-order valence-electron chi connectivity index (χ2n) is 8.56. The van der Waals surface area contributed by atoms with E-state index in [4.69, 9.17) is 14.2 Å². The number of aliphatic hydroxyl groups excluding tert-OH is 1. The van der Waals surface area contributed by atoms with Crippen LogP contribution in [0, 0.1) is 0 Å². The lowest BCUT2D eigenvalue weighted by Gasteiger charge is -2.19. The zero-order chi connectivity index (χ0) is 24.0. The molecule has 0 aliphatic rings. The first-order chi connectivity index (χ1) is 15.4. The van der Waals surface area contributed by atoms with Crippen molar-refractivity contribution < 1.29 is 33.7 Å². The Balaban J connectivity index is 3.93. The Bertz CT molecular complexity index is 493. The minimum atomic E-state index is -0.916. The molecule has 7 nitrogen and oxygen atoms in total. The van der Waals surface area contributed by atoms with Crippen LogP contribution in [0.5, 0.6) is 0 Å². The Kier molecular flexibility index (Phi) is 20.1. The van der Waals surface area contributed by atoms with Gasteiger partial charge in [-0.05, 0) is 12.8 Å². The molecular weight excluding hydrogens is 412 g/mol. The van der Waals surface area contributed by atoms with Crippen molar-refractivity contribution in [1.82, 2.24) is 0 Å². The van der Waals surface area contributed by atoms with Crippen LogP contribution in [0.25, 0.3) is 0 Å². The summed E-state index contributed by atoms with van der Waals surface area (Å²) in [6.07, 6.45) is 15.3. The van der Waals surface area contributed by atoms with Gasteiger partial charge in [-0.1, -0.05) is 84.0 Å². The SMILES string of the molecule is CCCCCCCCCCCCCCCC(CC(=O)OC(CO)COC(C)=O)OC(C)=O. The van der Waals surface area contributed by atoms with Gasteiger partial charge in [0.2, 0.25) is 0 Å². The lowest BCUT2D eigenvalue weighted by molar-refractivity contribution is -0.164. The predicted octanol–water partition coefficient (Wildman–Crippen LogP) is 5.26. The molecule has 1 N–H and O–H groups in total. The van der Waals surface area contributed by atoms with Gasteiger partial charge in [-0.25, -0.2) is 0 Å². The van der Waals surface area contributed by atoms with Crippen molar-refractivity contribution in [2.75, 3.05) is 13.2 Å². The summed E-state index contributed by atoms with van der Waals surface area (Å²) in [7, 11) is 0. The summed E-state index contributed by atoms with van der Waals surface area (Å²) in [5, 5.41) is 9.25. The van der Waals surface area contributed by atoms with E-state index in [1.165, 1.54) is 78.1 Å². The second kappa shape index (κ2) is 21.2. The molecule has 0 rings (SSSR count). The smallest absolute Gasteiger partial charge is 0.310 e. The number of unbranched alkanes of at least 4 members (excludes halogenated alkanes) is 12. The number of carbonyl (C=O) groups excluding carboxylic acids is 3. The largest absolute Gasteiger partial charge is 0.462 e. The maximum absolute atomic E-state index is 12.1. The molecule has 32 heavy (non-hydrogen) atoms. The van der Waals surface area contributed by atoms with E-state index in [0.717, 1.165) is 19.3 Å². The zero-order valence-electron chi connectivity index (χ0n) is 20.6. The third-order valence-corrected chi connectivity index (χ3v) is 5.33. The Hall–Kier alpha value is -1.63. The molecule has 0 radical (unpaired) electrons. The highest BCUT2D eigenvalue weighted by molar-refractivity contribution is 5.71. The fraction of sp³-hybridized carbons (Fsp3) is 0.880. The molecule has 0 aliphatic carbocycles. The Labute approximate surface area is 194 Å². The molecule has 0 heterocycles. The highest BCUT2D eigenvalue weighted by Gasteiger charge is 2.21. The van der Waals surface area contributed by atoms with E-state index >= 15 is 0 Å². The second-order valence-corrected chi connectivity index (χ2v) is 8.56. The summed E-state index contributed by atoms with van der Waals surface area (Å²) in [5.41, 5.74) is 0. The van der Waals surface area contributed by atoms with Gasteiger partial charge in [0.15, 0.2) is 6.10 Å². The molecule has 0 bridgehead atoms. The number of hydrogen-bond donors (Lipinski definition) is 1. The number of esters is 3. The van der Waals surface area contributed by atoms with Gasteiger partial charge in [0, 0.05) is 13.8 Å². The van der Waals surface area contributed by atoms with Gasteiger partial charge in [0.25, 0.3) is 0 Å². The maximum atomic E-state index is 12.1. The molecule has 188 valence electrons. The molecular formula is C25H46O7. The van der Waals surface area contributed by atoms with Gasteiger partial charge in [0.05, 0.1) is 13.0 Å². The van der Waals surface area contributed by atoms with Gasteiger partial charge in [0.1, 0.15) is 12.7 Å². The molecule has 0 saturated heterocycles. The standard InChI is InChI=1S/C25H46O7/c1-4-5-6-7-8-9-10-11-12-13-14-15-16-17-23(31-22(3)28)18-25(29)32-24(19-26)20-30-21(2)27/h23-24,26H,4-20H2,1-3H3. The maximum Gasteiger partial charge on any atom is 0.310 e. The summed E-state index contributed by atoms with van der Waals surface area (Å²) in [6.45, 7) is 4.15. The Morgan fingerprint density at radius 2 is 1.19 bits per heavy atom.